The molecule has 0 unspecified atom stereocenters. The van der Waals surface area contributed by atoms with Crippen molar-refractivity contribution in [1.29, 1.82) is 0 Å². The van der Waals surface area contributed by atoms with Crippen LogP contribution in [0, 0.1) is 0 Å². The average Bonchev–Trinajstić information content (AvgIpc) is 3.26. The molecule has 0 radical (unpaired) electrons. The topological polar surface area (TPSA) is 98.1 Å². The number of ether oxygens (including phenoxy) is 1. The van der Waals surface area contributed by atoms with Crippen molar-refractivity contribution in [3.8, 4) is 17.1 Å². The predicted octanol–water partition coefficient (Wildman–Crippen LogP) is 3.49. The number of anilines is 2. The standard InChI is InChI=1S/C20H16F3N5O3/c1-31-12-8-6-11(7-9-12)17-25-19-26-18(30)15(28(19)27-17)10-16(29)24-14-5-3-2-4-13(14)20(21,22)23/h2-9,15H,10H2,1H3,(H,24,29)(H,25,26,27,30)/t15-/m1/s1. The Morgan fingerprint density at radius 1 is 1.19 bits per heavy atom. The van der Waals surface area contributed by atoms with Crippen molar-refractivity contribution in [2.45, 2.75) is 18.6 Å². The number of hydrogen-bond donors (Lipinski definition) is 2. The highest BCUT2D eigenvalue weighted by Gasteiger charge is 2.37. The zero-order valence-corrected chi connectivity index (χ0v) is 16.1. The molecule has 160 valence electrons. The number of nitrogens with zero attached hydrogens (tertiary/aromatic N) is 3. The Labute approximate surface area is 174 Å². The third-order valence-corrected chi connectivity index (χ3v) is 4.70. The monoisotopic (exact) mass is 431 g/mol. The fraction of sp³-hybridized carbons (Fsp3) is 0.200. The smallest absolute Gasteiger partial charge is 0.418 e. The molecule has 0 spiro atoms. The molecule has 0 fully saturated rings. The zero-order chi connectivity index (χ0) is 22.2. The summed E-state index contributed by atoms with van der Waals surface area (Å²) < 4.78 is 45.7. The minimum absolute atomic E-state index is 0.157. The van der Waals surface area contributed by atoms with Gasteiger partial charge in [0.05, 0.1) is 24.8 Å². The van der Waals surface area contributed by atoms with Gasteiger partial charge in [0.2, 0.25) is 11.9 Å². The van der Waals surface area contributed by atoms with E-state index in [2.05, 4.69) is 20.7 Å². The van der Waals surface area contributed by atoms with Crippen LogP contribution < -0.4 is 15.4 Å². The molecule has 1 aliphatic rings. The van der Waals surface area contributed by atoms with E-state index in [0.717, 1.165) is 12.1 Å². The lowest BCUT2D eigenvalue weighted by atomic mass is 10.1. The quantitative estimate of drug-likeness (QED) is 0.645. The van der Waals surface area contributed by atoms with Gasteiger partial charge in [0.1, 0.15) is 11.8 Å². The molecule has 1 atom stereocenters. The summed E-state index contributed by atoms with van der Waals surface area (Å²) in [5, 5.41) is 9.05. The number of alkyl halides is 3. The predicted molar refractivity (Wildman–Crippen MR) is 104 cm³/mol. The summed E-state index contributed by atoms with van der Waals surface area (Å²) in [5.41, 5.74) is -0.683. The number of carbonyl (C=O) groups is 2. The molecule has 8 nitrogen and oxygen atoms in total. The molecule has 0 saturated carbocycles. The van der Waals surface area contributed by atoms with Gasteiger partial charge in [-0.15, -0.1) is 5.10 Å². The summed E-state index contributed by atoms with van der Waals surface area (Å²) in [6.45, 7) is 0. The van der Waals surface area contributed by atoms with Crippen LogP contribution in [-0.2, 0) is 15.8 Å². The molecular weight excluding hydrogens is 415 g/mol. The molecule has 1 aromatic heterocycles. The van der Waals surface area contributed by atoms with Gasteiger partial charge in [-0.25, -0.2) is 4.68 Å². The number of nitrogens with one attached hydrogen (secondary N) is 2. The molecule has 2 heterocycles. The first kappa shape index (κ1) is 20.4. The molecule has 1 aliphatic heterocycles. The van der Waals surface area contributed by atoms with Gasteiger partial charge in [0.25, 0.3) is 5.91 Å². The maximum Gasteiger partial charge on any atom is 0.418 e. The molecule has 0 aliphatic carbocycles. The largest absolute Gasteiger partial charge is 0.497 e. The van der Waals surface area contributed by atoms with Gasteiger partial charge in [0.15, 0.2) is 5.82 Å². The van der Waals surface area contributed by atoms with Crippen molar-refractivity contribution in [3.63, 3.8) is 0 Å². The normalized spacial score (nSPS) is 15.4. The summed E-state index contributed by atoms with van der Waals surface area (Å²) in [6.07, 6.45) is -5.03. The third kappa shape index (κ3) is 4.06. The molecule has 2 amide bonds. The lowest BCUT2D eigenvalue weighted by molar-refractivity contribution is -0.137. The van der Waals surface area contributed by atoms with Gasteiger partial charge in [-0.3, -0.25) is 14.9 Å². The van der Waals surface area contributed by atoms with Crippen LogP contribution in [0.15, 0.2) is 48.5 Å². The number of aromatic nitrogens is 3. The maximum atomic E-state index is 13.1. The van der Waals surface area contributed by atoms with Gasteiger partial charge in [-0.1, -0.05) is 12.1 Å². The number of benzene rings is 2. The number of rotatable bonds is 5. The highest BCUT2D eigenvalue weighted by atomic mass is 19.4. The van der Waals surface area contributed by atoms with E-state index >= 15 is 0 Å². The third-order valence-electron chi connectivity index (χ3n) is 4.70. The van der Waals surface area contributed by atoms with Crippen molar-refractivity contribution in [2.75, 3.05) is 17.7 Å². The second-order valence-electron chi connectivity index (χ2n) is 6.73. The molecule has 2 N–H and O–H groups in total. The fourth-order valence-corrected chi connectivity index (χ4v) is 3.19. The Kier molecular flexibility index (Phi) is 5.09. The number of fused-ring (bicyclic) bond motifs is 1. The van der Waals surface area contributed by atoms with Crippen LogP contribution in [0.3, 0.4) is 0 Å². The van der Waals surface area contributed by atoms with Crippen molar-refractivity contribution < 1.29 is 27.5 Å². The van der Waals surface area contributed by atoms with E-state index < -0.39 is 36.0 Å². The molecule has 4 rings (SSSR count). The van der Waals surface area contributed by atoms with Gasteiger partial charge >= 0.3 is 6.18 Å². The lowest BCUT2D eigenvalue weighted by Gasteiger charge is -2.14. The number of methoxy groups -OCH3 is 1. The second-order valence-corrected chi connectivity index (χ2v) is 6.73. The van der Waals surface area contributed by atoms with Gasteiger partial charge in [0, 0.05) is 5.56 Å². The number of carbonyl (C=O) groups excluding carboxylic acids is 2. The van der Waals surface area contributed by atoms with E-state index in [9.17, 15) is 22.8 Å². The van der Waals surface area contributed by atoms with Crippen molar-refractivity contribution >= 4 is 23.5 Å². The highest BCUT2D eigenvalue weighted by molar-refractivity contribution is 6.01. The summed E-state index contributed by atoms with van der Waals surface area (Å²) in [4.78, 5) is 28.9. The van der Waals surface area contributed by atoms with Gasteiger partial charge in [-0.05, 0) is 36.4 Å². The Morgan fingerprint density at radius 2 is 1.90 bits per heavy atom. The molecule has 0 bridgehead atoms. The zero-order valence-electron chi connectivity index (χ0n) is 16.1. The molecule has 31 heavy (non-hydrogen) atoms. The summed E-state index contributed by atoms with van der Waals surface area (Å²) in [7, 11) is 1.54. The second kappa shape index (κ2) is 7.74. The Bertz CT molecular complexity index is 1140. The van der Waals surface area contributed by atoms with E-state index in [-0.39, 0.29) is 11.6 Å². The minimum Gasteiger partial charge on any atom is -0.497 e. The summed E-state index contributed by atoms with van der Waals surface area (Å²) in [6, 6.07) is 10.5. The average molecular weight is 431 g/mol. The number of amides is 2. The number of para-hydroxylation sites is 1. The van der Waals surface area contributed by atoms with Crippen LogP contribution in [0.25, 0.3) is 11.4 Å². The van der Waals surface area contributed by atoms with Crippen molar-refractivity contribution in [3.05, 3.63) is 54.1 Å². The molecule has 3 aromatic rings. The minimum atomic E-state index is -4.62. The lowest BCUT2D eigenvalue weighted by Crippen LogP contribution is -2.24. The molecule has 2 aromatic carbocycles. The van der Waals surface area contributed by atoms with Gasteiger partial charge in [-0.2, -0.15) is 18.2 Å². The van der Waals surface area contributed by atoms with E-state index in [1.165, 1.54) is 23.9 Å². The summed E-state index contributed by atoms with van der Waals surface area (Å²) in [5.74, 6) is -0.144. The SMILES string of the molecule is COc1ccc(-c2nc3n(n2)[C@H](CC(=O)Nc2ccccc2C(F)(F)F)C(=O)N3)cc1. The van der Waals surface area contributed by atoms with E-state index in [1.807, 2.05) is 0 Å². The highest BCUT2D eigenvalue weighted by Crippen LogP contribution is 2.35. The van der Waals surface area contributed by atoms with Crippen LogP contribution in [0.1, 0.15) is 18.0 Å². The van der Waals surface area contributed by atoms with Crippen LogP contribution in [-0.4, -0.2) is 33.7 Å². The maximum absolute atomic E-state index is 13.1. The first-order valence-corrected chi connectivity index (χ1v) is 9.14. The van der Waals surface area contributed by atoms with Crippen molar-refractivity contribution in [1.82, 2.24) is 14.8 Å². The van der Waals surface area contributed by atoms with Crippen LogP contribution in [0.5, 0.6) is 5.75 Å². The van der Waals surface area contributed by atoms with E-state index in [4.69, 9.17) is 4.74 Å². The Morgan fingerprint density at radius 3 is 2.58 bits per heavy atom. The Balaban J connectivity index is 1.52. The molecular formula is C20H16F3N5O3. The molecule has 11 heteroatoms. The molecule has 0 saturated heterocycles. The number of hydrogen-bond acceptors (Lipinski definition) is 5. The van der Waals surface area contributed by atoms with Crippen LogP contribution in [0.4, 0.5) is 24.8 Å². The first-order chi connectivity index (χ1) is 14.8. The summed E-state index contributed by atoms with van der Waals surface area (Å²) >= 11 is 0. The number of halogens is 3. The van der Waals surface area contributed by atoms with Crippen molar-refractivity contribution in [2.24, 2.45) is 0 Å². The van der Waals surface area contributed by atoms with Gasteiger partial charge < -0.3 is 10.1 Å². The van der Waals surface area contributed by atoms with E-state index in [1.54, 1.807) is 24.3 Å². The van der Waals surface area contributed by atoms with E-state index in [0.29, 0.717) is 17.1 Å². The Hall–Kier alpha value is -3.89. The first-order valence-electron chi connectivity index (χ1n) is 9.14. The fourth-order valence-electron chi connectivity index (χ4n) is 3.19. The van der Waals surface area contributed by atoms with Crippen LogP contribution >= 0.6 is 0 Å². The van der Waals surface area contributed by atoms with Crippen LogP contribution in [0.2, 0.25) is 0 Å².